The predicted octanol–water partition coefficient (Wildman–Crippen LogP) is 3.07. The highest BCUT2D eigenvalue weighted by atomic mass is 32.1. The van der Waals surface area contributed by atoms with E-state index in [1.165, 1.54) is 11.5 Å². The number of aliphatic carboxylic acids is 1. The largest absolute Gasteiger partial charge is 0.481 e. The average molecular weight is 299 g/mol. The van der Waals surface area contributed by atoms with Crippen molar-refractivity contribution in [2.24, 2.45) is 0 Å². The van der Waals surface area contributed by atoms with Crippen LogP contribution in [0.4, 0.5) is 0 Å². The molecule has 4 nitrogen and oxygen atoms in total. The SMILES string of the molecule is O=C(O)CCc1ccc(-n2sc3ccccc3c2=O)cc1. The van der Waals surface area contributed by atoms with Crippen LogP contribution in [-0.4, -0.2) is 15.0 Å². The molecule has 0 saturated heterocycles. The summed E-state index contributed by atoms with van der Waals surface area (Å²) in [6, 6.07) is 15.0. The number of fused-ring (bicyclic) bond motifs is 1. The number of hydrogen-bond donors (Lipinski definition) is 1. The second-order valence-corrected chi connectivity index (χ2v) is 5.73. The lowest BCUT2D eigenvalue weighted by atomic mass is 10.1. The fourth-order valence-corrected chi connectivity index (χ4v) is 3.19. The molecule has 1 heterocycles. The molecule has 106 valence electrons. The highest BCUT2D eigenvalue weighted by Gasteiger charge is 2.08. The van der Waals surface area contributed by atoms with E-state index < -0.39 is 5.97 Å². The topological polar surface area (TPSA) is 59.3 Å². The second-order valence-electron chi connectivity index (χ2n) is 4.75. The molecule has 0 atom stereocenters. The highest BCUT2D eigenvalue weighted by molar-refractivity contribution is 7.14. The molecule has 1 N–H and O–H groups in total. The van der Waals surface area contributed by atoms with Gasteiger partial charge in [0.2, 0.25) is 0 Å². The summed E-state index contributed by atoms with van der Waals surface area (Å²) in [5.74, 6) is -0.806. The minimum absolute atomic E-state index is 0.0196. The molecule has 0 amide bonds. The number of carboxylic acid groups (broad SMARTS) is 1. The van der Waals surface area contributed by atoms with Crippen molar-refractivity contribution in [3.8, 4) is 5.69 Å². The van der Waals surface area contributed by atoms with Crippen LogP contribution < -0.4 is 5.56 Å². The van der Waals surface area contributed by atoms with Crippen LogP contribution in [0.1, 0.15) is 12.0 Å². The molecule has 21 heavy (non-hydrogen) atoms. The lowest BCUT2D eigenvalue weighted by molar-refractivity contribution is -0.136. The van der Waals surface area contributed by atoms with Gasteiger partial charge in [0.15, 0.2) is 0 Å². The van der Waals surface area contributed by atoms with Crippen LogP contribution in [-0.2, 0) is 11.2 Å². The van der Waals surface area contributed by atoms with Crippen molar-refractivity contribution in [2.45, 2.75) is 12.8 Å². The van der Waals surface area contributed by atoms with Gasteiger partial charge in [0.05, 0.1) is 15.8 Å². The molecular weight excluding hydrogens is 286 g/mol. The van der Waals surface area contributed by atoms with Crippen molar-refractivity contribution in [1.29, 1.82) is 0 Å². The van der Waals surface area contributed by atoms with Gasteiger partial charge in [-0.1, -0.05) is 35.8 Å². The van der Waals surface area contributed by atoms with E-state index in [9.17, 15) is 9.59 Å². The predicted molar refractivity (Wildman–Crippen MR) is 83.4 cm³/mol. The van der Waals surface area contributed by atoms with E-state index >= 15 is 0 Å². The standard InChI is InChI=1S/C16H13NO3S/c18-15(19)10-7-11-5-8-12(9-6-11)17-16(20)13-3-1-2-4-14(13)21-17/h1-6,8-9H,7,10H2,(H,18,19). The summed E-state index contributed by atoms with van der Waals surface area (Å²) >= 11 is 1.41. The molecule has 0 aliphatic rings. The van der Waals surface area contributed by atoms with Gasteiger partial charge in [-0.3, -0.25) is 9.59 Å². The molecule has 3 aromatic rings. The zero-order chi connectivity index (χ0) is 14.8. The minimum atomic E-state index is -0.806. The Morgan fingerprint density at radius 3 is 2.48 bits per heavy atom. The minimum Gasteiger partial charge on any atom is -0.481 e. The number of benzene rings is 2. The summed E-state index contributed by atoms with van der Waals surface area (Å²) in [6.07, 6.45) is 0.610. The summed E-state index contributed by atoms with van der Waals surface area (Å²) < 4.78 is 2.61. The van der Waals surface area contributed by atoms with E-state index in [2.05, 4.69) is 0 Å². The van der Waals surface area contributed by atoms with E-state index in [0.717, 1.165) is 21.3 Å². The van der Waals surface area contributed by atoms with Gasteiger partial charge in [-0.25, -0.2) is 3.96 Å². The number of aromatic nitrogens is 1. The van der Waals surface area contributed by atoms with Crippen LogP contribution in [0, 0.1) is 0 Å². The van der Waals surface area contributed by atoms with Crippen LogP contribution in [0.2, 0.25) is 0 Å². The Balaban J connectivity index is 1.94. The zero-order valence-electron chi connectivity index (χ0n) is 11.2. The lowest BCUT2D eigenvalue weighted by Gasteiger charge is -2.02. The Morgan fingerprint density at radius 2 is 1.81 bits per heavy atom. The van der Waals surface area contributed by atoms with E-state index in [0.29, 0.717) is 6.42 Å². The number of aryl methyl sites for hydroxylation is 1. The molecule has 0 bridgehead atoms. The Hall–Kier alpha value is -2.40. The summed E-state index contributed by atoms with van der Waals surface area (Å²) in [4.78, 5) is 22.9. The van der Waals surface area contributed by atoms with Gasteiger partial charge in [0.1, 0.15) is 0 Å². The first-order valence-electron chi connectivity index (χ1n) is 6.57. The summed E-state index contributed by atoms with van der Waals surface area (Å²) in [7, 11) is 0. The average Bonchev–Trinajstić information content (AvgIpc) is 2.83. The van der Waals surface area contributed by atoms with Crippen LogP contribution in [0.5, 0.6) is 0 Å². The molecule has 0 unspecified atom stereocenters. The third-order valence-corrected chi connectivity index (χ3v) is 4.40. The first-order chi connectivity index (χ1) is 10.1. The molecule has 0 fully saturated rings. The summed E-state index contributed by atoms with van der Waals surface area (Å²) in [6.45, 7) is 0. The third-order valence-electron chi connectivity index (χ3n) is 3.29. The molecule has 0 aliphatic carbocycles. The monoisotopic (exact) mass is 299 g/mol. The summed E-state index contributed by atoms with van der Waals surface area (Å²) in [5.41, 5.74) is 1.74. The Bertz CT molecular complexity index is 846. The van der Waals surface area contributed by atoms with E-state index in [1.54, 1.807) is 3.96 Å². The zero-order valence-corrected chi connectivity index (χ0v) is 12.0. The van der Waals surface area contributed by atoms with Gasteiger partial charge in [0.25, 0.3) is 5.56 Å². The fourth-order valence-electron chi connectivity index (χ4n) is 2.19. The van der Waals surface area contributed by atoms with Crippen LogP contribution >= 0.6 is 11.5 Å². The van der Waals surface area contributed by atoms with E-state index in [4.69, 9.17) is 5.11 Å². The molecule has 0 radical (unpaired) electrons. The van der Waals surface area contributed by atoms with Crippen molar-refractivity contribution in [2.75, 3.05) is 0 Å². The first-order valence-corrected chi connectivity index (χ1v) is 7.34. The van der Waals surface area contributed by atoms with Crippen molar-refractivity contribution in [1.82, 2.24) is 3.96 Å². The smallest absolute Gasteiger partial charge is 0.303 e. The molecular formula is C16H13NO3S. The molecule has 0 aliphatic heterocycles. The van der Waals surface area contributed by atoms with Gasteiger partial charge >= 0.3 is 5.97 Å². The molecule has 0 spiro atoms. The van der Waals surface area contributed by atoms with E-state index in [-0.39, 0.29) is 12.0 Å². The Morgan fingerprint density at radius 1 is 1.10 bits per heavy atom. The molecule has 3 rings (SSSR count). The van der Waals surface area contributed by atoms with Gasteiger partial charge in [-0.2, -0.15) is 0 Å². The summed E-state index contributed by atoms with van der Waals surface area (Å²) in [5, 5.41) is 9.40. The van der Waals surface area contributed by atoms with Gasteiger partial charge < -0.3 is 5.11 Å². The van der Waals surface area contributed by atoms with Crippen molar-refractivity contribution < 1.29 is 9.90 Å². The normalized spacial score (nSPS) is 10.9. The molecule has 0 saturated carbocycles. The second kappa shape index (κ2) is 5.54. The van der Waals surface area contributed by atoms with Crippen LogP contribution in [0.25, 0.3) is 15.8 Å². The third kappa shape index (κ3) is 2.73. The highest BCUT2D eigenvalue weighted by Crippen LogP contribution is 2.20. The maximum absolute atomic E-state index is 12.3. The van der Waals surface area contributed by atoms with Gasteiger partial charge in [-0.05, 0) is 36.2 Å². The van der Waals surface area contributed by atoms with Gasteiger partial charge in [-0.15, -0.1) is 0 Å². The quantitative estimate of drug-likeness (QED) is 0.805. The molecule has 2 aromatic carbocycles. The maximum atomic E-state index is 12.3. The lowest BCUT2D eigenvalue weighted by Crippen LogP contribution is -2.10. The number of carboxylic acids is 1. The number of carbonyl (C=O) groups is 1. The van der Waals surface area contributed by atoms with Crippen LogP contribution in [0.15, 0.2) is 53.3 Å². The fraction of sp³-hybridized carbons (Fsp3) is 0.125. The number of nitrogens with zero attached hydrogens (tertiary/aromatic N) is 1. The van der Waals surface area contributed by atoms with Crippen molar-refractivity contribution in [3.63, 3.8) is 0 Å². The Labute approximate surface area is 125 Å². The van der Waals surface area contributed by atoms with Gasteiger partial charge in [0, 0.05) is 6.42 Å². The molecule has 1 aromatic heterocycles. The van der Waals surface area contributed by atoms with Crippen molar-refractivity contribution >= 4 is 27.6 Å². The maximum Gasteiger partial charge on any atom is 0.303 e. The van der Waals surface area contributed by atoms with Crippen molar-refractivity contribution in [3.05, 3.63) is 64.4 Å². The molecule has 5 heteroatoms. The number of hydrogen-bond acceptors (Lipinski definition) is 3. The number of rotatable bonds is 4. The van der Waals surface area contributed by atoms with E-state index in [1.807, 2.05) is 48.5 Å². The first kappa shape index (κ1) is 13.6. The Kier molecular flexibility index (Phi) is 3.58. The van der Waals surface area contributed by atoms with Crippen LogP contribution in [0.3, 0.4) is 0 Å².